The third kappa shape index (κ3) is 6.90. The van der Waals surface area contributed by atoms with Gasteiger partial charge in [-0.1, -0.05) is 36.4 Å². The maximum Gasteiger partial charge on any atom is 0.302 e. The van der Waals surface area contributed by atoms with Crippen molar-refractivity contribution in [1.29, 1.82) is 0 Å². The minimum absolute atomic E-state index is 0.0187. The number of aromatic nitrogens is 4. The smallest absolute Gasteiger partial charge is 0.302 e. The predicted octanol–water partition coefficient (Wildman–Crippen LogP) is 3.81. The highest BCUT2D eigenvalue weighted by molar-refractivity contribution is 7.89. The number of hydrogen-bond acceptors (Lipinski definition) is 9. The Bertz CT molecular complexity index is 2120. The lowest BCUT2D eigenvalue weighted by Crippen LogP contribution is -2.49. The number of halogens is 1. The average Bonchev–Trinajstić information content (AvgIpc) is 3.68. The molecule has 15 heteroatoms. The monoisotopic (exact) mass is 694 g/mol. The van der Waals surface area contributed by atoms with Crippen molar-refractivity contribution in [3.8, 4) is 16.5 Å². The maximum absolute atomic E-state index is 14.2. The molecule has 4 heterocycles. The number of hydrogen-bond donors (Lipinski definition) is 0. The van der Waals surface area contributed by atoms with Crippen molar-refractivity contribution in [2.75, 3.05) is 27.2 Å². The van der Waals surface area contributed by atoms with Crippen molar-refractivity contribution in [3.05, 3.63) is 99.3 Å². The second-order valence-corrected chi connectivity index (χ2v) is 15.1. The van der Waals surface area contributed by atoms with Gasteiger partial charge >= 0.3 is 5.56 Å². The molecule has 0 spiro atoms. The van der Waals surface area contributed by atoms with Crippen molar-refractivity contribution < 1.29 is 27.1 Å². The number of amides is 1. The first-order valence-electron chi connectivity index (χ1n) is 15.3. The van der Waals surface area contributed by atoms with Crippen molar-refractivity contribution in [3.63, 3.8) is 0 Å². The number of imidazole rings is 1. The Morgan fingerprint density at radius 3 is 2.54 bits per heavy atom. The van der Waals surface area contributed by atoms with Crippen LogP contribution in [0.5, 0.6) is 5.75 Å². The number of benzene rings is 2. The number of fused-ring (bicyclic) bond motifs is 1. The van der Waals surface area contributed by atoms with E-state index in [1.807, 2.05) is 44.2 Å². The highest BCUT2D eigenvalue weighted by Gasteiger charge is 2.28. The van der Waals surface area contributed by atoms with Gasteiger partial charge in [-0.25, -0.2) is 31.5 Å². The molecule has 2 unspecified atom stereocenters. The molecule has 6 rings (SSSR count). The molecular formula is C33H35FN6O6S2. The van der Waals surface area contributed by atoms with Crippen molar-refractivity contribution in [2.24, 2.45) is 0 Å². The normalized spacial score (nSPS) is 16.9. The number of thiazole rings is 1. The Morgan fingerprint density at radius 2 is 1.83 bits per heavy atom. The lowest BCUT2D eigenvalue weighted by atomic mass is 10.1. The van der Waals surface area contributed by atoms with Crippen molar-refractivity contribution in [2.45, 2.75) is 50.5 Å². The highest BCUT2D eigenvalue weighted by atomic mass is 32.2. The SMILES string of the molecule is CC1CN(C(=O)Cn2ccn3c(=O)c(OCc4ccccc4)c(-c4ncc(Cc5ccc(F)cc5S(=O)(=O)N(C)C)s4)nc23)CC(C)O1. The van der Waals surface area contributed by atoms with Gasteiger partial charge < -0.3 is 18.9 Å². The molecule has 3 aromatic heterocycles. The molecule has 0 N–H and O–H groups in total. The van der Waals surface area contributed by atoms with E-state index in [0.717, 1.165) is 15.9 Å². The van der Waals surface area contributed by atoms with Crippen molar-refractivity contribution in [1.82, 2.24) is 28.1 Å². The summed E-state index contributed by atoms with van der Waals surface area (Å²) in [7, 11) is -1.16. The standard InChI is InChI=1S/C33H35FN6O6S2/c1-21-17-39(18-22(2)46-21)28(41)19-38-12-13-40-32(42)30(45-20-23-8-6-5-7-9-23)29(36-33(38)40)31-35-16-26(47-31)14-24-10-11-25(34)15-27(24)48(43,44)37(3)4/h5-13,15-16,21-22H,14,17-20H2,1-4H3. The Morgan fingerprint density at radius 1 is 1.10 bits per heavy atom. The zero-order valence-electron chi connectivity index (χ0n) is 26.9. The summed E-state index contributed by atoms with van der Waals surface area (Å²) < 4.78 is 56.0. The van der Waals surface area contributed by atoms with Gasteiger partial charge in [-0.05, 0) is 37.1 Å². The van der Waals surface area contributed by atoms with Crippen LogP contribution in [0.1, 0.15) is 29.9 Å². The molecule has 2 atom stereocenters. The molecule has 252 valence electrons. The number of sulfonamides is 1. The molecule has 5 aromatic rings. The number of ether oxygens (including phenoxy) is 2. The van der Waals surface area contributed by atoms with E-state index in [4.69, 9.17) is 14.5 Å². The van der Waals surface area contributed by atoms with Crippen LogP contribution in [0.4, 0.5) is 4.39 Å². The Labute approximate surface area is 281 Å². The van der Waals surface area contributed by atoms with Crippen LogP contribution in [0.3, 0.4) is 0 Å². The van der Waals surface area contributed by atoms with Gasteiger partial charge in [-0.3, -0.25) is 9.59 Å². The van der Waals surface area contributed by atoms with Crippen LogP contribution in [-0.4, -0.2) is 81.9 Å². The Balaban J connectivity index is 1.38. The first-order valence-corrected chi connectivity index (χ1v) is 17.5. The molecule has 1 aliphatic rings. The Hall–Kier alpha value is -4.44. The Kier molecular flexibility index (Phi) is 9.47. The number of nitrogens with zero attached hydrogens (tertiary/aromatic N) is 6. The number of carbonyl (C=O) groups is 1. The van der Waals surface area contributed by atoms with Gasteiger partial charge in [0.1, 0.15) is 24.0 Å². The predicted molar refractivity (Wildman–Crippen MR) is 178 cm³/mol. The summed E-state index contributed by atoms with van der Waals surface area (Å²) in [6, 6.07) is 13.0. The van der Waals surface area contributed by atoms with Gasteiger partial charge in [0.2, 0.25) is 27.5 Å². The summed E-state index contributed by atoms with van der Waals surface area (Å²) in [4.78, 5) is 38.9. The molecule has 12 nitrogen and oxygen atoms in total. The minimum Gasteiger partial charge on any atom is -0.481 e. The molecule has 1 saturated heterocycles. The summed E-state index contributed by atoms with van der Waals surface area (Å²) in [5, 5.41) is 0.363. The van der Waals surface area contributed by atoms with E-state index in [9.17, 15) is 22.4 Å². The molecule has 1 amide bonds. The summed E-state index contributed by atoms with van der Waals surface area (Å²) in [5.41, 5.74) is 0.952. The second-order valence-electron chi connectivity index (χ2n) is 11.9. The summed E-state index contributed by atoms with van der Waals surface area (Å²) in [6.07, 6.45) is 4.71. The van der Waals surface area contributed by atoms with Gasteiger partial charge in [-0.15, -0.1) is 11.3 Å². The van der Waals surface area contributed by atoms with Gasteiger partial charge in [0.05, 0.1) is 17.1 Å². The van der Waals surface area contributed by atoms with Crippen LogP contribution in [0.2, 0.25) is 0 Å². The van der Waals surface area contributed by atoms with Gasteiger partial charge in [0.25, 0.3) is 0 Å². The molecule has 0 aliphatic carbocycles. The topological polar surface area (TPSA) is 128 Å². The quantitative estimate of drug-likeness (QED) is 0.216. The van der Waals surface area contributed by atoms with E-state index in [1.165, 1.54) is 42.0 Å². The molecule has 1 aliphatic heterocycles. The summed E-state index contributed by atoms with van der Waals surface area (Å²) in [5.74, 6) is -0.578. The fraction of sp³-hybridized carbons (Fsp3) is 0.333. The molecule has 1 fully saturated rings. The number of morpholine rings is 1. The second kappa shape index (κ2) is 13.6. The third-order valence-electron chi connectivity index (χ3n) is 7.92. The molecular weight excluding hydrogens is 660 g/mol. The van der Waals surface area contributed by atoms with E-state index in [1.54, 1.807) is 28.1 Å². The van der Waals surface area contributed by atoms with E-state index in [0.29, 0.717) is 28.5 Å². The first kappa shape index (κ1) is 33.5. The largest absolute Gasteiger partial charge is 0.481 e. The van der Waals surface area contributed by atoms with Crippen LogP contribution in [0, 0.1) is 5.82 Å². The van der Waals surface area contributed by atoms with Crippen LogP contribution in [-0.2, 0) is 39.1 Å². The van der Waals surface area contributed by atoms with Gasteiger partial charge in [0.15, 0.2) is 5.69 Å². The first-order chi connectivity index (χ1) is 22.9. The van der Waals surface area contributed by atoms with Gasteiger partial charge in [-0.2, -0.15) is 0 Å². The zero-order chi connectivity index (χ0) is 34.2. The summed E-state index contributed by atoms with van der Waals surface area (Å²) >= 11 is 1.21. The number of carbonyl (C=O) groups excluding carboxylic acids is 1. The van der Waals surface area contributed by atoms with E-state index in [2.05, 4.69) is 4.98 Å². The minimum atomic E-state index is -3.93. The molecule has 0 saturated carbocycles. The number of rotatable bonds is 10. The summed E-state index contributed by atoms with van der Waals surface area (Å²) in [6.45, 7) is 4.83. The zero-order valence-corrected chi connectivity index (χ0v) is 28.5. The molecule has 2 aromatic carbocycles. The lowest BCUT2D eigenvalue weighted by Gasteiger charge is -2.35. The molecule has 0 bridgehead atoms. The van der Waals surface area contributed by atoms with E-state index >= 15 is 0 Å². The van der Waals surface area contributed by atoms with E-state index < -0.39 is 21.4 Å². The average molecular weight is 695 g/mol. The van der Waals surface area contributed by atoms with Gasteiger partial charge in [0, 0.05) is 57.1 Å². The van der Waals surface area contributed by atoms with E-state index in [-0.39, 0.29) is 59.8 Å². The van der Waals surface area contributed by atoms with Crippen LogP contribution >= 0.6 is 11.3 Å². The van der Waals surface area contributed by atoms with Crippen molar-refractivity contribution >= 4 is 33.0 Å². The fourth-order valence-corrected chi connectivity index (χ4v) is 7.66. The lowest BCUT2D eigenvalue weighted by molar-refractivity contribution is -0.143. The van der Waals surface area contributed by atoms with Crippen LogP contribution in [0.15, 0.2) is 76.8 Å². The third-order valence-corrected chi connectivity index (χ3v) is 10.8. The maximum atomic E-state index is 14.2. The molecule has 48 heavy (non-hydrogen) atoms. The highest BCUT2D eigenvalue weighted by Crippen LogP contribution is 2.32. The fourth-order valence-electron chi connectivity index (χ4n) is 5.61. The van der Waals surface area contributed by atoms with Crippen LogP contribution in [0.25, 0.3) is 16.5 Å². The molecule has 0 radical (unpaired) electrons. The van der Waals surface area contributed by atoms with Crippen LogP contribution < -0.4 is 10.3 Å².